The van der Waals surface area contributed by atoms with E-state index in [0.717, 1.165) is 0 Å². The second-order valence-corrected chi connectivity index (χ2v) is 6.34. The third-order valence-corrected chi connectivity index (χ3v) is 5.03. The smallest absolute Gasteiger partial charge is 0.154 e. The summed E-state index contributed by atoms with van der Waals surface area (Å²) in [5.41, 5.74) is 5.27. The van der Waals surface area contributed by atoms with Gasteiger partial charge in [-0.15, -0.1) is 0 Å². The van der Waals surface area contributed by atoms with Gasteiger partial charge in [0.05, 0.1) is 17.6 Å². The fourth-order valence-corrected chi connectivity index (χ4v) is 4.67. The van der Waals surface area contributed by atoms with Crippen LogP contribution in [0.4, 0.5) is 0 Å². The molecule has 3 N–H and O–H groups in total. The van der Waals surface area contributed by atoms with E-state index in [0.29, 0.717) is 12.3 Å². The molecule has 0 bridgehead atoms. The summed E-state index contributed by atoms with van der Waals surface area (Å²) >= 11 is 1.44. The molecule has 6 heteroatoms. The maximum absolute atomic E-state index is 11.0. The van der Waals surface area contributed by atoms with E-state index in [2.05, 4.69) is 0 Å². The molecule has 1 heterocycles. The number of nitrogens with two attached hydrogens (primary N) is 1. The van der Waals surface area contributed by atoms with Gasteiger partial charge in [0, 0.05) is 17.5 Å². The number of aliphatic hydroxyl groups is 1. The van der Waals surface area contributed by atoms with Gasteiger partial charge < -0.3 is 10.8 Å². The first-order chi connectivity index (χ1) is 5.55. The van der Waals surface area contributed by atoms with Gasteiger partial charge in [0.2, 0.25) is 0 Å². The van der Waals surface area contributed by atoms with Crippen molar-refractivity contribution in [2.24, 2.45) is 5.73 Å². The van der Waals surface area contributed by atoms with Crippen LogP contribution >= 0.6 is 11.8 Å². The van der Waals surface area contributed by atoms with Crippen molar-refractivity contribution in [1.29, 1.82) is 0 Å². The minimum atomic E-state index is -2.99. The molecular weight excluding hydrogens is 198 g/mol. The number of hydrogen-bond donors (Lipinski definition) is 2. The molecule has 1 fully saturated rings. The van der Waals surface area contributed by atoms with Crippen LogP contribution in [0.15, 0.2) is 0 Å². The van der Waals surface area contributed by atoms with Gasteiger partial charge in [-0.25, -0.2) is 8.42 Å². The quantitative estimate of drug-likeness (QED) is 0.615. The van der Waals surface area contributed by atoms with Crippen LogP contribution in [0.2, 0.25) is 0 Å². The largest absolute Gasteiger partial charge is 0.391 e. The average Bonchev–Trinajstić information content (AvgIpc) is 2.20. The zero-order chi connectivity index (χ0) is 9.19. The summed E-state index contributed by atoms with van der Waals surface area (Å²) in [4.78, 5) is 0. The molecule has 2 unspecified atom stereocenters. The summed E-state index contributed by atoms with van der Waals surface area (Å²) in [5, 5.41) is 9.14. The molecule has 12 heavy (non-hydrogen) atoms. The lowest BCUT2D eigenvalue weighted by molar-refractivity contribution is 0.207. The molecule has 1 saturated heterocycles. The third kappa shape index (κ3) is 2.62. The Morgan fingerprint density at radius 1 is 1.50 bits per heavy atom. The Labute approximate surface area is 76.4 Å². The summed E-state index contributed by atoms with van der Waals surface area (Å²) in [6.07, 6.45) is -0.702. The van der Waals surface area contributed by atoms with E-state index in [-0.39, 0.29) is 16.8 Å². The van der Waals surface area contributed by atoms with E-state index >= 15 is 0 Å². The maximum Gasteiger partial charge on any atom is 0.154 e. The van der Waals surface area contributed by atoms with Gasteiger partial charge in [0.15, 0.2) is 9.84 Å². The van der Waals surface area contributed by atoms with Gasteiger partial charge in [0.1, 0.15) is 0 Å². The Hall–Kier alpha value is 0.220. The molecule has 1 aliphatic heterocycles. The van der Waals surface area contributed by atoms with E-state index in [4.69, 9.17) is 5.73 Å². The van der Waals surface area contributed by atoms with Crippen LogP contribution in [0.25, 0.3) is 0 Å². The van der Waals surface area contributed by atoms with E-state index in [1.165, 1.54) is 11.8 Å². The fourth-order valence-electron chi connectivity index (χ4n) is 1.18. The van der Waals surface area contributed by atoms with Crippen LogP contribution in [0.1, 0.15) is 0 Å². The molecule has 0 aromatic heterocycles. The molecule has 4 nitrogen and oxygen atoms in total. The Morgan fingerprint density at radius 2 is 2.17 bits per heavy atom. The monoisotopic (exact) mass is 211 g/mol. The number of aliphatic hydroxyl groups excluding tert-OH is 1. The third-order valence-electron chi connectivity index (χ3n) is 1.72. The van der Waals surface area contributed by atoms with Crippen LogP contribution in [0.3, 0.4) is 0 Å². The first-order valence-electron chi connectivity index (χ1n) is 3.75. The van der Waals surface area contributed by atoms with Crippen molar-refractivity contribution in [2.75, 3.05) is 23.8 Å². The molecule has 0 amide bonds. The van der Waals surface area contributed by atoms with Crippen molar-refractivity contribution in [2.45, 2.75) is 11.4 Å². The second-order valence-electron chi connectivity index (χ2n) is 2.84. The van der Waals surface area contributed by atoms with Gasteiger partial charge >= 0.3 is 0 Å². The van der Waals surface area contributed by atoms with Crippen molar-refractivity contribution in [1.82, 2.24) is 0 Å². The van der Waals surface area contributed by atoms with Crippen molar-refractivity contribution in [3.63, 3.8) is 0 Å². The van der Waals surface area contributed by atoms with Gasteiger partial charge in [-0.05, 0) is 0 Å². The molecule has 1 rings (SSSR count). The molecule has 72 valence electrons. The summed E-state index contributed by atoms with van der Waals surface area (Å²) in [6.45, 7) is 0.522. The Kier molecular flexibility index (Phi) is 3.39. The fraction of sp³-hybridized carbons (Fsp3) is 1.00. The lowest BCUT2D eigenvalue weighted by Crippen LogP contribution is -2.21. The lowest BCUT2D eigenvalue weighted by Gasteiger charge is -2.10. The highest BCUT2D eigenvalue weighted by Crippen LogP contribution is 2.24. The minimum absolute atomic E-state index is 0.0881. The van der Waals surface area contributed by atoms with Gasteiger partial charge in [-0.3, -0.25) is 0 Å². The zero-order valence-electron chi connectivity index (χ0n) is 6.64. The van der Waals surface area contributed by atoms with Crippen LogP contribution in [-0.4, -0.2) is 48.7 Å². The number of rotatable bonds is 3. The SMILES string of the molecule is NCCSC1CS(=O)(=O)CC1O. The predicted octanol–water partition coefficient (Wildman–Crippen LogP) is -1.16. The number of hydrogen-bond acceptors (Lipinski definition) is 5. The normalized spacial score (nSPS) is 33.8. The first kappa shape index (κ1) is 10.3. The van der Waals surface area contributed by atoms with Gasteiger partial charge in [-0.1, -0.05) is 0 Å². The van der Waals surface area contributed by atoms with E-state index in [1.54, 1.807) is 0 Å². The molecule has 0 saturated carbocycles. The van der Waals surface area contributed by atoms with Gasteiger partial charge in [0.25, 0.3) is 0 Å². The topological polar surface area (TPSA) is 80.4 Å². The molecule has 1 aliphatic rings. The standard InChI is InChI=1S/C6H13NO3S2/c7-1-2-11-6-4-12(9,10)3-5(6)8/h5-6,8H,1-4,7H2. The van der Waals surface area contributed by atoms with Crippen molar-refractivity contribution >= 4 is 21.6 Å². The summed E-state index contributed by atoms with van der Waals surface area (Å²) in [5.74, 6) is 0.714. The molecule has 2 atom stereocenters. The van der Waals surface area contributed by atoms with Crippen LogP contribution in [0.5, 0.6) is 0 Å². The van der Waals surface area contributed by atoms with E-state index in [9.17, 15) is 13.5 Å². The maximum atomic E-state index is 11.0. The Balaban J connectivity index is 2.47. The Morgan fingerprint density at radius 3 is 2.58 bits per heavy atom. The van der Waals surface area contributed by atoms with E-state index < -0.39 is 15.9 Å². The van der Waals surface area contributed by atoms with Crippen molar-refractivity contribution in [3.05, 3.63) is 0 Å². The highest BCUT2D eigenvalue weighted by atomic mass is 32.2. The summed E-state index contributed by atoms with van der Waals surface area (Å²) in [7, 11) is -2.99. The minimum Gasteiger partial charge on any atom is -0.391 e. The average molecular weight is 211 g/mol. The first-order valence-corrected chi connectivity index (χ1v) is 6.62. The lowest BCUT2D eigenvalue weighted by atomic mass is 10.3. The number of thioether (sulfide) groups is 1. The molecule has 0 aliphatic carbocycles. The highest BCUT2D eigenvalue weighted by Gasteiger charge is 2.36. The Bertz CT molecular complexity index is 239. The van der Waals surface area contributed by atoms with Crippen LogP contribution in [-0.2, 0) is 9.84 Å². The highest BCUT2D eigenvalue weighted by molar-refractivity contribution is 8.01. The molecular formula is C6H13NO3S2. The summed E-state index contributed by atoms with van der Waals surface area (Å²) in [6, 6.07) is 0. The van der Waals surface area contributed by atoms with Crippen LogP contribution < -0.4 is 5.73 Å². The van der Waals surface area contributed by atoms with Crippen LogP contribution in [0, 0.1) is 0 Å². The van der Waals surface area contributed by atoms with Gasteiger partial charge in [-0.2, -0.15) is 11.8 Å². The summed E-state index contributed by atoms with van der Waals surface area (Å²) < 4.78 is 22.0. The molecule has 0 radical (unpaired) electrons. The van der Waals surface area contributed by atoms with Crippen molar-refractivity contribution < 1.29 is 13.5 Å². The molecule has 0 aromatic rings. The number of sulfone groups is 1. The molecule has 0 aromatic carbocycles. The molecule has 0 spiro atoms. The predicted molar refractivity (Wildman–Crippen MR) is 50.0 cm³/mol. The van der Waals surface area contributed by atoms with Crippen molar-refractivity contribution in [3.8, 4) is 0 Å². The zero-order valence-corrected chi connectivity index (χ0v) is 8.27. The van der Waals surface area contributed by atoms with E-state index in [1.807, 2.05) is 0 Å². The second kappa shape index (κ2) is 3.95.